The summed E-state index contributed by atoms with van der Waals surface area (Å²) >= 11 is 0. The molecule has 20 heavy (non-hydrogen) atoms. The highest BCUT2D eigenvalue weighted by Gasteiger charge is 2.22. The number of nitrogens with zero attached hydrogens (tertiary/aromatic N) is 1. The Labute approximate surface area is 123 Å². The summed E-state index contributed by atoms with van der Waals surface area (Å²) in [6.45, 7) is 0.452. The summed E-state index contributed by atoms with van der Waals surface area (Å²) in [5.41, 5.74) is 5.79. The first-order chi connectivity index (χ1) is 9.15. The van der Waals surface area contributed by atoms with Gasteiger partial charge in [0, 0.05) is 19.0 Å². The first-order valence-electron chi connectivity index (χ1n) is 6.45. The highest BCUT2D eigenvalue weighted by molar-refractivity contribution is 5.92. The van der Waals surface area contributed by atoms with Crippen molar-refractivity contribution in [1.82, 2.24) is 15.6 Å². The fourth-order valence-electron chi connectivity index (χ4n) is 1.65. The molecule has 7 heteroatoms. The Morgan fingerprint density at radius 2 is 2.10 bits per heavy atom. The maximum absolute atomic E-state index is 11.7. The first-order valence-corrected chi connectivity index (χ1v) is 6.45. The molecule has 0 aromatic carbocycles. The molecule has 2 amide bonds. The number of carbonyl (C=O) groups excluding carboxylic acids is 2. The predicted molar refractivity (Wildman–Crippen MR) is 78.6 cm³/mol. The second-order valence-corrected chi connectivity index (χ2v) is 4.65. The Morgan fingerprint density at radius 1 is 1.35 bits per heavy atom. The monoisotopic (exact) mass is 298 g/mol. The highest BCUT2D eigenvalue weighted by Crippen LogP contribution is 2.18. The zero-order valence-corrected chi connectivity index (χ0v) is 11.9. The minimum absolute atomic E-state index is 0. The number of hydrogen-bond donors (Lipinski definition) is 3. The number of halogens is 1. The number of anilines is 1. The van der Waals surface area contributed by atoms with Crippen LogP contribution in [0.2, 0.25) is 0 Å². The number of nitrogens with two attached hydrogens (primary N) is 1. The molecular weight excluding hydrogens is 280 g/mol. The van der Waals surface area contributed by atoms with Gasteiger partial charge in [0.15, 0.2) is 0 Å². The molecule has 0 saturated heterocycles. The summed E-state index contributed by atoms with van der Waals surface area (Å²) in [4.78, 5) is 27.0. The fraction of sp³-hybridized carbons (Fsp3) is 0.462. The van der Waals surface area contributed by atoms with Crippen molar-refractivity contribution in [2.24, 2.45) is 0 Å². The number of hydrogen-bond acceptors (Lipinski definition) is 4. The normalized spacial score (nSPS) is 13.2. The van der Waals surface area contributed by atoms with Crippen LogP contribution in [-0.2, 0) is 4.79 Å². The number of amides is 2. The van der Waals surface area contributed by atoms with Gasteiger partial charge >= 0.3 is 0 Å². The lowest BCUT2D eigenvalue weighted by molar-refractivity contribution is -0.121. The van der Waals surface area contributed by atoms with E-state index in [0.717, 1.165) is 12.8 Å². The first kappa shape index (κ1) is 16.2. The number of nitrogen functional groups attached to an aromatic ring is 1. The molecular formula is C13H19ClN4O2. The van der Waals surface area contributed by atoms with E-state index in [4.69, 9.17) is 5.73 Å². The Balaban J connectivity index is 0.00000200. The standard InChI is InChI=1S/C13H18N4O2.ClH/c14-11-4-1-3-10(17-11)13(19)15-8-2-5-12(18)16-9-6-7-9;/h1,3-4,9H,2,5-8H2,(H2,14,17)(H,15,19)(H,16,18);1H. The molecule has 1 aromatic rings. The molecule has 4 N–H and O–H groups in total. The SMILES string of the molecule is Cl.Nc1cccc(C(=O)NCCCC(=O)NC2CC2)n1. The molecule has 110 valence electrons. The van der Waals surface area contributed by atoms with Gasteiger partial charge in [0.2, 0.25) is 5.91 Å². The van der Waals surface area contributed by atoms with Crippen molar-refractivity contribution in [3.8, 4) is 0 Å². The summed E-state index contributed by atoms with van der Waals surface area (Å²) in [7, 11) is 0. The smallest absolute Gasteiger partial charge is 0.269 e. The third kappa shape index (κ3) is 5.44. The number of pyridine rings is 1. The molecule has 6 nitrogen and oxygen atoms in total. The third-order valence-corrected chi connectivity index (χ3v) is 2.81. The van der Waals surface area contributed by atoms with Crippen molar-refractivity contribution in [3.63, 3.8) is 0 Å². The molecule has 1 heterocycles. The van der Waals surface area contributed by atoms with E-state index in [1.165, 1.54) is 0 Å². The van der Waals surface area contributed by atoms with Crippen LogP contribution >= 0.6 is 12.4 Å². The van der Waals surface area contributed by atoms with Crippen LogP contribution in [0, 0.1) is 0 Å². The average Bonchev–Trinajstić information content (AvgIpc) is 3.18. The van der Waals surface area contributed by atoms with E-state index in [0.29, 0.717) is 36.9 Å². The minimum atomic E-state index is -0.269. The van der Waals surface area contributed by atoms with Gasteiger partial charge in [-0.1, -0.05) is 6.07 Å². The zero-order chi connectivity index (χ0) is 13.7. The van der Waals surface area contributed by atoms with E-state index in [1.54, 1.807) is 18.2 Å². The van der Waals surface area contributed by atoms with Crippen molar-refractivity contribution in [1.29, 1.82) is 0 Å². The van der Waals surface area contributed by atoms with Crippen LogP contribution in [0.4, 0.5) is 5.82 Å². The van der Waals surface area contributed by atoms with E-state index in [1.807, 2.05) is 0 Å². The highest BCUT2D eigenvalue weighted by atomic mass is 35.5. The molecule has 1 aliphatic carbocycles. The fourth-order valence-corrected chi connectivity index (χ4v) is 1.65. The number of rotatable bonds is 6. The molecule has 0 bridgehead atoms. The zero-order valence-electron chi connectivity index (χ0n) is 11.1. The van der Waals surface area contributed by atoms with E-state index < -0.39 is 0 Å². The van der Waals surface area contributed by atoms with Crippen LogP contribution < -0.4 is 16.4 Å². The van der Waals surface area contributed by atoms with E-state index in [2.05, 4.69) is 15.6 Å². The van der Waals surface area contributed by atoms with Gasteiger partial charge in [0.05, 0.1) is 0 Å². The summed E-state index contributed by atoms with van der Waals surface area (Å²) in [5.74, 6) is 0.102. The summed E-state index contributed by atoms with van der Waals surface area (Å²) in [5, 5.41) is 5.61. The summed E-state index contributed by atoms with van der Waals surface area (Å²) < 4.78 is 0. The molecule has 0 radical (unpaired) electrons. The van der Waals surface area contributed by atoms with Crippen LogP contribution in [0.1, 0.15) is 36.2 Å². The van der Waals surface area contributed by atoms with E-state index >= 15 is 0 Å². The molecule has 0 aliphatic heterocycles. The lowest BCUT2D eigenvalue weighted by Crippen LogP contribution is -2.28. The van der Waals surface area contributed by atoms with Crippen LogP contribution in [-0.4, -0.2) is 29.4 Å². The van der Waals surface area contributed by atoms with Gasteiger partial charge in [-0.2, -0.15) is 0 Å². The Hall–Kier alpha value is -1.82. The molecule has 0 atom stereocenters. The molecule has 1 fully saturated rings. The summed E-state index contributed by atoms with van der Waals surface area (Å²) in [6.07, 6.45) is 3.22. The van der Waals surface area contributed by atoms with Gasteiger partial charge in [0.25, 0.3) is 5.91 Å². The number of carbonyl (C=O) groups is 2. The van der Waals surface area contributed by atoms with Gasteiger partial charge in [-0.25, -0.2) is 4.98 Å². The van der Waals surface area contributed by atoms with Gasteiger partial charge in [-0.05, 0) is 31.4 Å². The van der Waals surface area contributed by atoms with Crippen molar-refractivity contribution in [2.75, 3.05) is 12.3 Å². The Bertz CT molecular complexity index is 477. The predicted octanol–water partition coefficient (Wildman–Crippen LogP) is 0.874. The van der Waals surface area contributed by atoms with E-state index in [9.17, 15) is 9.59 Å². The molecule has 1 aromatic heterocycles. The molecule has 1 saturated carbocycles. The van der Waals surface area contributed by atoms with E-state index in [-0.39, 0.29) is 24.2 Å². The van der Waals surface area contributed by atoms with Gasteiger partial charge < -0.3 is 16.4 Å². The molecule has 0 unspecified atom stereocenters. The number of nitrogens with one attached hydrogen (secondary N) is 2. The van der Waals surface area contributed by atoms with Crippen molar-refractivity contribution < 1.29 is 9.59 Å². The second kappa shape index (κ2) is 7.69. The maximum atomic E-state index is 11.7. The quantitative estimate of drug-likeness (QED) is 0.679. The van der Waals surface area contributed by atoms with Crippen LogP contribution in [0.5, 0.6) is 0 Å². The number of aromatic nitrogens is 1. The van der Waals surface area contributed by atoms with Gasteiger partial charge in [0.1, 0.15) is 11.5 Å². The van der Waals surface area contributed by atoms with Crippen molar-refractivity contribution in [2.45, 2.75) is 31.7 Å². The largest absolute Gasteiger partial charge is 0.384 e. The lowest BCUT2D eigenvalue weighted by atomic mass is 10.2. The van der Waals surface area contributed by atoms with Gasteiger partial charge in [-0.15, -0.1) is 12.4 Å². The van der Waals surface area contributed by atoms with Crippen molar-refractivity contribution in [3.05, 3.63) is 23.9 Å². The van der Waals surface area contributed by atoms with Gasteiger partial charge in [-0.3, -0.25) is 9.59 Å². The van der Waals surface area contributed by atoms with Crippen LogP contribution in [0.3, 0.4) is 0 Å². The Morgan fingerprint density at radius 3 is 2.75 bits per heavy atom. The van der Waals surface area contributed by atoms with Crippen LogP contribution in [0.15, 0.2) is 18.2 Å². The Kier molecular flexibility index (Phi) is 6.24. The van der Waals surface area contributed by atoms with Crippen LogP contribution in [0.25, 0.3) is 0 Å². The second-order valence-electron chi connectivity index (χ2n) is 4.65. The molecule has 0 spiro atoms. The lowest BCUT2D eigenvalue weighted by Gasteiger charge is -2.05. The van der Waals surface area contributed by atoms with Crippen molar-refractivity contribution >= 4 is 30.0 Å². The maximum Gasteiger partial charge on any atom is 0.269 e. The average molecular weight is 299 g/mol. The topological polar surface area (TPSA) is 97.1 Å². The minimum Gasteiger partial charge on any atom is -0.384 e. The summed E-state index contributed by atoms with van der Waals surface area (Å²) in [6, 6.07) is 5.30. The third-order valence-electron chi connectivity index (χ3n) is 2.81. The molecule has 2 rings (SSSR count). The molecule has 1 aliphatic rings.